The van der Waals surface area contributed by atoms with Gasteiger partial charge in [0, 0.05) is 30.9 Å². The second-order valence-corrected chi connectivity index (χ2v) is 7.03. The third-order valence-electron chi connectivity index (χ3n) is 5.51. The Morgan fingerprint density at radius 2 is 1.88 bits per heavy atom. The van der Waals surface area contributed by atoms with Crippen molar-refractivity contribution in [1.29, 1.82) is 0 Å². The molecular formula is C21H23FN2O. The molecule has 1 amide bonds. The third-order valence-corrected chi connectivity index (χ3v) is 5.51. The molecule has 1 fully saturated rings. The van der Waals surface area contributed by atoms with E-state index in [0.29, 0.717) is 18.7 Å². The number of carbonyl (C=O) groups is 1. The van der Waals surface area contributed by atoms with Crippen molar-refractivity contribution < 1.29 is 9.18 Å². The number of fused-ring (bicyclic) bond motifs is 1. The maximum absolute atomic E-state index is 13.9. The van der Waals surface area contributed by atoms with Crippen LogP contribution in [0.2, 0.25) is 0 Å². The van der Waals surface area contributed by atoms with Crippen LogP contribution in [0.4, 0.5) is 10.1 Å². The first-order chi connectivity index (χ1) is 12.1. The zero-order valence-corrected chi connectivity index (χ0v) is 14.5. The number of halogens is 1. The van der Waals surface area contributed by atoms with Crippen LogP contribution in [0.3, 0.4) is 0 Å². The van der Waals surface area contributed by atoms with E-state index in [4.69, 9.17) is 0 Å². The van der Waals surface area contributed by atoms with E-state index in [-0.39, 0.29) is 17.8 Å². The number of carbonyl (C=O) groups excluding carboxylic acids is 1. The molecule has 0 spiro atoms. The van der Waals surface area contributed by atoms with Gasteiger partial charge in [0.15, 0.2) is 0 Å². The van der Waals surface area contributed by atoms with Gasteiger partial charge in [0.2, 0.25) is 5.91 Å². The largest absolute Gasteiger partial charge is 0.310 e. The Morgan fingerprint density at radius 3 is 2.72 bits per heavy atom. The van der Waals surface area contributed by atoms with Gasteiger partial charge in [0.25, 0.3) is 0 Å². The predicted octanol–water partition coefficient (Wildman–Crippen LogP) is 3.55. The van der Waals surface area contributed by atoms with Gasteiger partial charge >= 0.3 is 0 Å². The Labute approximate surface area is 148 Å². The maximum Gasteiger partial charge on any atom is 0.244 e. The number of amides is 1. The Balaban J connectivity index is 1.50. The molecule has 130 valence electrons. The molecule has 1 aliphatic heterocycles. The zero-order chi connectivity index (χ0) is 17.4. The number of piperazine rings is 1. The van der Waals surface area contributed by atoms with Gasteiger partial charge in [-0.15, -0.1) is 0 Å². The van der Waals surface area contributed by atoms with Crippen molar-refractivity contribution in [2.75, 3.05) is 18.0 Å². The van der Waals surface area contributed by atoms with Crippen LogP contribution in [-0.4, -0.2) is 29.9 Å². The van der Waals surface area contributed by atoms with Crippen molar-refractivity contribution in [2.45, 2.75) is 38.8 Å². The van der Waals surface area contributed by atoms with Crippen LogP contribution in [0.15, 0.2) is 42.5 Å². The second kappa shape index (κ2) is 6.60. The lowest BCUT2D eigenvalue weighted by Gasteiger charge is -2.39. The van der Waals surface area contributed by atoms with E-state index < -0.39 is 0 Å². The van der Waals surface area contributed by atoms with E-state index >= 15 is 0 Å². The summed E-state index contributed by atoms with van der Waals surface area (Å²) in [6.45, 7) is 3.79. The van der Waals surface area contributed by atoms with E-state index in [1.165, 1.54) is 23.6 Å². The van der Waals surface area contributed by atoms with Crippen molar-refractivity contribution in [3.8, 4) is 0 Å². The average molecular weight is 338 g/mol. The van der Waals surface area contributed by atoms with Crippen LogP contribution < -0.4 is 4.90 Å². The molecule has 0 aromatic heterocycles. The Kier molecular flexibility index (Phi) is 4.30. The Morgan fingerprint density at radius 1 is 1.08 bits per heavy atom. The summed E-state index contributed by atoms with van der Waals surface area (Å²) in [5.74, 6) is -0.108. The van der Waals surface area contributed by atoms with Crippen LogP contribution in [0.25, 0.3) is 0 Å². The lowest BCUT2D eigenvalue weighted by molar-refractivity contribution is -0.125. The average Bonchev–Trinajstić information content (AvgIpc) is 3.08. The van der Waals surface area contributed by atoms with Crippen molar-refractivity contribution >= 4 is 11.6 Å². The van der Waals surface area contributed by atoms with Gasteiger partial charge in [-0.1, -0.05) is 24.3 Å². The van der Waals surface area contributed by atoms with Gasteiger partial charge in [-0.2, -0.15) is 0 Å². The quantitative estimate of drug-likeness (QED) is 0.854. The van der Waals surface area contributed by atoms with Gasteiger partial charge in [-0.05, 0) is 55.5 Å². The highest BCUT2D eigenvalue weighted by Crippen LogP contribution is 2.29. The number of rotatable bonds is 3. The number of hydrogen-bond donors (Lipinski definition) is 0. The zero-order valence-electron chi connectivity index (χ0n) is 14.5. The van der Waals surface area contributed by atoms with Crippen LogP contribution in [0, 0.1) is 5.82 Å². The summed E-state index contributed by atoms with van der Waals surface area (Å²) in [5, 5.41) is 0. The molecule has 4 heteroatoms. The summed E-state index contributed by atoms with van der Waals surface area (Å²) >= 11 is 0. The van der Waals surface area contributed by atoms with Crippen LogP contribution in [-0.2, 0) is 24.2 Å². The molecule has 0 radical (unpaired) electrons. The molecule has 4 rings (SSSR count). The summed E-state index contributed by atoms with van der Waals surface area (Å²) < 4.78 is 13.9. The molecule has 0 saturated carbocycles. The minimum absolute atomic E-state index is 0.0977. The molecular weight excluding hydrogens is 315 g/mol. The van der Waals surface area contributed by atoms with Gasteiger partial charge < -0.3 is 4.90 Å². The molecule has 1 aliphatic carbocycles. The molecule has 25 heavy (non-hydrogen) atoms. The van der Waals surface area contributed by atoms with Gasteiger partial charge in [0.1, 0.15) is 5.82 Å². The van der Waals surface area contributed by atoms with Crippen molar-refractivity contribution in [2.24, 2.45) is 0 Å². The fourth-order valence-electron chi connectivity index (χ4n) is 3.96. The number of aryl methyl sites for hydroxylation is 2. The van der Waals surface area contributed by atoms with Gasteiger partial charge in [-0.3, -0.25) is 9.69 Å². The molecule has 1 atom stereocenters. The highest BCUT2D eigenvalue weighted by molar-refractivity contribution is 5.97. The molecule has 3 nitrogen and oxygen atoms in total. The SMILES string of the molecule is CC1C(=O)N(c2ccc3c(c2)CCC3)CCN1Cc1ccccc1F. The van der Waals surface area contributed by atoms with E-state index in [1.807, 2.05) is 17.9 Å². The van der Waals surface area contributed by atoms with Crippen molar-refractivity contribution in [1.82, 2.24) is 4.90 Å². The molecule has 1 saturated heterocycles. The Hall–Kier alpha value is -2.20. The smallest absolute Gasteiger partial charge is 0.244 e. The van der Waals surface area contributed by atoms with E-state index in [2.05, 4.69) is 23.1 Å². The fraction of sp³-hybridized carbons (Fsp3) is 0.381. The van der Waals surface area contributed by atoms with Crippen molar-refractivity contribution in [3.63, 3.8) is 0 Å². The Bertz CT molecular complexity index is 804. The first-order valence-electron chi connectivity index (χ1n) is 9.04. The lowest BCUT2D eigenvalue weighted by atomic mass is 10.1. The summed E-state index contributed by atoms with van der Waals surface area (Å²) in [6, 6.07) is 13.0. The first-order valence-corrected chi connectivity index (χ1v) is 9.04. The summed E-state index contributed by atoms with van der Waals surface area (Å²) in [7, 11) is 0. The van der Waals surface area contributed by atoms with Crippen molar-refractivity contribution in [3.05, 3.63) is 65.0 Å². The van der Waals surface area contributed by atoms with Gasteiger partial charge in [0.05, 0.1) is 6.04 Å². The molecule has 2 aliphatic rings. The second-order valence-electron chi connectivity index (χ2n) is 7.03. The van der Waals surface area contributed by atoms with Gasteiger partial charge in [-0.25, -0.2) is 4.39 Å². The van der Waals surface area contributed by atoms with E-state index in [0.717, 1.165) is 25.1 Å². The highest BCUT2D eigenvalue weighted by Gasteiger charge is 2.32. The number of anilines is 1. The topological polar surface area (TPSA) is 23.6 Å². The number of benzene rings is 2. The molecule has 0 bridgehead atoms. The lowest BCUT2D eigenvalue weighted by Crippen LogP contribution is -2.55. The van der Waals surface area contributed by atoms with E-state index in [9.17, 15) is 9.18 Å². The first kappa shape index (κ1) is 16.3. The normalized spacial score (nSPS) is 20.8. The summed E-state index contributed by atoms with van der Waals surface area (Å²) in [5.41, 5.74) is 4.45. The highest BCUT2D eigenvalue weighted by atomic mass is 19.1. The maximum atomic E-state index is 13.9. The number of hydrogen-bond acceptors (Lipinski definition) is 2. The summed E-state index contributed by atoms with van der Waals surface area (Å²) in [6.07, 6.45) is 3.47. The number of nitrogens with zero attached hydrogens (tertiary/aromatic N) is 2. The third kappa shape index (κ3) is 3.07. The van der Waals surface area contributed by atoms with Crippen LogP contribution in [0.1, 0.15) is 30.0 Å². The minimum atomic E-state index is -0.249. The monoisotopic (exact) mass is 338 g/mol. The molecule has 1 heterocycles. The predicted molar refractivity (Wildman–Crippen MR) is 97.1 cm³/mol. The molecule has 2 aromatic rings. The summed E-state index contributed by atoms with van der Waals surface area (Å²) in [4.78, 5) is 16.9. The minimum Gasteiger partial charge on any atom is -0.310 e. The standard InChI is InChI=1S/C21H23FN2O/c1-15-21(25)24(19-10-9-16-6-4-7-17(16)13-19)12-11-23(15)14-18-5-2-3-8-20(18)22/h2-3,5,8-10,13,15H,4,6-7,11-12,14H2,1H3. The van der Waals surface area contributed by atoms with E-state index in [1.54, 1.807) is 12.1 Å². The molecule has 0 N–H and O–H groups in total. The van der Waals surface area contributed by atoms with Crippen LogP contribution in [0.5, 0.6) is 0 Å². The fourth-order valence-corrected chi connectivity index (χ4v) is 3.96. The molecule has 2 aromatic carbocycles. The molecule has 1 unspecified atom stereocenters. The van der Waals surface area contributed by atoms with Crippen LogP contribution >= 0.6 is 0 Å².